The Morgan fingerprint density at radius 3 is 2.79 bits per heavy atom. The molecule has 3 aliphatic heterocycles. The van der Waals surface area contributed by atoms with Gasteiger partial charge in [-0.25, -0.2) is 0 Å². The lowest BCUT2D eigenvalue weighted by molar-refractivity contribution is -0.165. The van der Waals surface area contributed by atoms with Gasteiger partial charge in [-0.2, -0.15) is 0 Å². The van der Waals surface area contributed by atoms with Crippen LogP contribution in [-0.4, -0.2) is 83.7 Å². The molecule has 3 N–H and O–H groups in total. The van der Waals surface area contributed by atoms with E-state index in [1.165, 1.54) is 0 Å². The van der Waals surface area contributed by atoms with Crippen LogP contribution < -0.4 is 16.0 Å². The van der Waals surface area contributed by atoms with Crippen LogP contribution in [0, 0.1) is 0 Å². The lowest BCUT2D eigenvalue weighted by Gasteiger charge is -2.44. The molecule has 4 heterocycles. The van der Waals surface area contributed by atoms with E-state index in [9.17, 15) is 19.2 Å². The largest absolute Gasteiger partial charge is 0.433 e. The summed E-state index contributed by atoms with van der Waals surface area (Å²) in [4.78, 5) is 58.4. The number of esters is 1. The Bertz CT molecular complexity index is 1220. The number of rotatable bonds is 6. The minimum absolute atomic E-state index is 0.00461. The molecule has 38 heavy (non-hydrogen) atoms. The Morgan fingerprint density at radius 1 is 1.13 bits per heavy atom. The summed E-state index contributed by atoms with van der Waals surface area (Å²) in [5, 5.41) is 10.6. The van der Waals surface area contributed by atoms with E-state index in [1.807, 2.05) is 30.3 Å². The van der Waals surface area contributed by atoms with Gasteiger partial charge in [-0.3, -0.25) is 24.2 Å². The number of carbonyl (C=O) groups excluding carboxylic acids is 4. The second-order valence-electron chi connectivity index (χ2n) is 9.90. The molecule has 202 valence electrons. The van der Waals surface area contributed by atoms with Crippen LogP contribution in [0.1, 0.15) is 49.5 Å². The third-order valence-electron chi connectivity index (χ3n) is 7.40. The SMILES string of the molecule is CCOC1OC(=O)CC1NC(=O)[C@@H]1CNC[C@@H]2CCCC[C@H](NC(=O)c3nccc4ccccc34)C(=O)N21. The van der Waals surface area contributed by atoms with Gasteiger partial charge in [0.1, 0.15) is 23.8 Å². The number of amides is 3. The fraction of sp³-hybridized carbons (Fsp3) is 0.519. The van der Waals surface area contributed by atoms with Gasteiger partial charge in [-0.15, -0.1) is 0 Å². The molecule has 1 aromatic carbocycles. The van der Waals surface area contributed by atoms with Crippen molar-refractivity contribution >= 4 is 34.5 Å². The molecule has 3 amide bonds. The van der Waals surface area contributed by atoms with Gasteiger partial charge in [-0.1, -0.05) is 37.1 Å². The van der Waals surface area contributed by atoms with Gasteiger partial charge in [0.05, 0.1) is 6.42 Å². The topological polar surface area (TPSA) is 139 Å². The zero-order valence-electron chi connectivity index (χ0n) is 21.4. The van der Waals surface area contributed by atoms with Crippen molar-refractivity contribution < 1.29 is 28.7 Å². The van der Waals surface area contributed by atoms with Gasteiger partial charge >= 0.3 is 5.97 Å². The van der Waals surface area contributed by atoms with Crippen LogP contribution in [0.2, 0.25) is 0 Å². The highest BCUT2D eigenvalue weighted by Crippen LogP contribution is 2.24. The van der Waals surface area contributed by atoms with Gasteiger partial charge in [0, 0.05) is 37.3 Å². The standard InChI is InChI=1S/C27H33N5O6/c1-2-37-27-20(13-22(33)38-27)31-24(34)21-15-28-14-17-8-4-6-10-19(26(36)32(17)21)30-25(35)23-18-9-5-3-7-16(18)11-12-29-23/h3,5,7,9,11-12,17,19-21,27-28H,2,4,6,8,10,13-15H2,1H3,(H,30,35)(H,31,34)/t17-,19-,20?,21-,27?/m0/s1. The van der Waals surface area contributed by atoms with Gasteiger partial charge in [0.2, 0.25) is 18.1 Å². The highest BCUT2D eigenvalue weighted by molar-refractivity contribution is 6.06. The lowest BCUT2D eigenvalue weighted by atomic mass is 9.94. The zero-order valence-corrected chi connectivity index (χ0v) is 21.4. The fourth-order valence-corrected chi connectivity index (χ4v) is 5.57. The van der Waals surface area contributed by atoms with Crippen LogP contribution in [0.15, 0.2) is 36.5 Å². The summed E-state index contributed by atoms with van der Waals surface area (Å²) >= 11 is 0. The molecule has 2 unspecified atom stereocenters. The van der Waals surface area contributed by atoms with Crippen LogP contribution in [0.4, 0.5) is 0 Å². The smallest absolute Gasteiger partial charge is 0.310 e. The predicted molar refractivity (Wildman–Crippen MR) is 137 cm³/mol. The normalized spacial score (nSPS) is 27.7. The summed E-state index contributed by atoms with van der Waals surface area (Å²) in [7, 11) is 0. The number of nitrogens with zero attached hydrogens (tertiary/aromatic N) is 2. The van der Waals surface area contributed by atoms with E-state index < -0.39 is 36.3 Å². The van der Waals surface area contributed by atoms with E-state index in [2.05, 4.69) is 20.9 Å². The van der Waals surface area contributed by atoms with E-state index >= 15 is 0 Å². The Morgan fingerprint density at radius 2 is 1.95 bits per heavy atom. The number of hydrogen-bond acceptors (Lipinski definition) is 8. The number of ether oxygens (including phenoxy) is 2. The lowest BCUT2D eigenvalue weighted by Crippen LogP contribution is -2.67. The molecule has 0 aliphatic carbocycles. The summed E-state index contributed by atoms with van der Waals surface area (Å²) in [5.41, 5.74) is 0.261. The monoisotopic (exact) mass is 523 g/mol. The zero-order chi connectivity index (χ0) is 26.6. The number of nitrogens with one attached hydrogen (secondary N) is 3. The molecule has 0 radical (unpaired) electrons. The molecule has 3 aliphatic rings. The minimum Gasteiger partial charge on any atom is -0.433 e. The third kappa shape index (κ3) is 5.34. The Kier molecular flexibility index (Phi) is 7.85. The molecule has 3 saturated heterocycles. The summed E-state index contributed by atoms with van der Waals surface area (Å²) in [6, 6.07) is 6.90. The van der Waals surface area contributed by atoms with Crippen LogP contribution in [-0.2, 0) is 23.9 Å². The first-order valence-electron chi connectivity index (χ1n) is 13.2. The molecule has 11 heteroatoms. The molecule has 11 nitrogen and oxygen atoms in total. The van der Waals surface area contributed by atoms with E-state index in [0.717, 1.165) is 24.6 Å². The number of fused-ring (bicyclic) bond motifs is 2. The molecule has 5 atom stereocenters. The van der Waals surface area contributed by atoms with Gasteiger partial charge in [0.15, 0.2) is 0 Å². The molecule has 2 aromatic rings. The molecule has 3 fully saturated rings. The molecule has 0 spiro atoms. The van der Waals surface area contributed by atoms with Crippen molar-refractivity contribution in [3.05, 3.63) is 42.2 Å². The van der Waals surface area contributed by atoms with Crippen molar-refractivity contribution in [3.8, 4) is 0 Å². The van der Waals surface area contributed by atoms with Crippen molar-refractivity contribution in [2.75, 3.05) is 19.7 Å². The van der Waals surface area contributed by atoms with Crippen LogP contribution >= 0.6 is 0 Å². The van der Waals surface area contributed by atoms with Gasteiger partial charge < -0.3 is 30.3 Å². The van der Waals surface area contributed by atoms with E-state index in [-0.39, 0.29) is 36.5 Å². The van der Waals surface area contributed by atoms with Crippen LogP contribution in [0.3, 0.4) is 0 Å². The summed E-state index contributed by atoms with van der Waals surface area (Å²) in [6.07, 6.45) is 3.59. The van der Waals surface area contributed by atoms with Gasteiger partial charge in [-0.05, 0) is 31.2 Å². The second-order valence-corrected chi connectivity index (χ2v) is 9.90. The minimum atomic E-state index is -0.855. The Labute approximate surface area is 220 Å². The number of piperazine rings is 1. The first-order valence-corrected chi connectivity index (χ1v) is 13.2. The number of carbonyl (C=O) groups is 4. The molecule has 0 bridgehead atoms. The number of benzene rings is 1. The van der Waals surface area contributed by atoms with E-state index in [1.54, 1.807) is 18.0 Å². The quantitative estimate of drug-likeness (QED) is 0.474. The highest BCUT2D eigenvalue weighted by Gasteiger charge is 2.44. The average molecular weight is 524 g/mol. The molecule has 0 saturated carbocycles. The van der Waals surface area contributed by atoms with E-state index in [0.29, 0.717) is 25.0 Å². The van der Waals surface area contributed by atoms with Crippen molar-refractivity contribution in [3.63, 3.8) is 0 Å². The summed E-state index contributed by atoms with van der Waals surface area (Å²) in [5.74, 6) is -1.54. The summed E-state index contributed by atoms with van der Waals surface area (Å²) in [6.45, 7) is 2.94. The average Bonchev–Trinajstić information content (AvgIpc) is 3.26. The summed E-state index contributed by atoms with van der Waals surface area (Å²) < 4.78 is 10.6. The number of hydrogen-bond donors (Lipinski definition) is 3. The Hall–Kier alpha value is -3.57. The first-order chi connectivity index (χ1) is 18.5. The second kappa shape index (κ2) is 11.4. The highest BCUT2D eigenvalue weighted by atomic mass is 16.7. The van der Waals surface area contributed by atoms with Crippen LogP contribution in [0.5, 0.6) is 0 Å². The molecule has 1 aromatic heterocycles. The van der Waals surface area contributed by atoms with Crippen molar-refractivity contribution in [2.45, 2.75) is 69.5 Å². The van der Waals surface area contributed by atoms with Gasteiger partial charge in [0.25, 0.3) is 5.91 Å². The predicted octanol–water partition coefficient (Wildman–Crippen LogP) is 0.871. The van der Waals surface area contributed by atoms with Crippen molar-refractivity contribution in [1.29, 1.82) is 0 Å². The number of cyclic esters (lactones) is 1. The first kappa shape index (κ1) is 26.1. The number of aromatic nitrogens is 1. The molecule has 5 rings (SSSR count). The maximum absolute atomic E-state index is 13.9. The Balaban J connectivity index is 1.35. The van der Waals surface area contributed by atoms with Crippen LogP contribution in [0.25, 0.3) is 10.8 Å². The maximum atomic E-state index is 13.9. The van der Waals surface area contributed by atoms with E-state index in [4.69, 9.17) is 9.47 Å². The number of pyridine rings is 1. The van der Waals surface area contributed by atoms with Crippen molar-refractivity contribution in [2.24, 2.45) is 0 Å². The molecular weight excluding hydrogens is 490 g/mol. The third-order valence-corrected chi connectivity index (χ3v) is 7.40. The maximum Gasteiger partial charge on any atom is 0.310 e. The van der Waals surface area contributed by atoms with Crippen molar-refractivity contribution in [1.82, 2.24) is 25.8 Å². The fourth-order valence-electron chi connectivity index (χ4n) is 5.57. The molecular formula is C27H33N5O6.